The lowest BCUT2D eigenvalue weighted by molar-refractivity contribution is -1.06. The Bertz CT molecular complexity index is 57.9. The smallest absolute Gasteiger partial charge is 0.118 e. The van der Waals surface area contributed by atoms with Crippen molar-refractivity contribution in [1.82, 2.24) is 0 Å². The van der Waals surface area contributed by atoms with E-state index in [9.17, 15) is 0 Å². The highest BCUT2D eigenvalue weighted by atomic mass is 16.7. The van der Waals surface area contributed by atoms with E-state index in [2.05, 4.69) is 0 Å². The second kappa shape index (κ2) is 3.02. The predicted molar refractivity (Wildman–Crippen MR) is 33.0 cm³/mol. The number of hydrogen-bond acceptors (Lipinski definition) is 2. The monoisotopic (exact) mass is 119 g/mol. The van der Waals surface area contributed by atoms with E-state index in [-0.39, 0.29) is 0 Å². The molecule has 0 fully saturated rings. The van der Waals surface area contributed by atoms with E-state index in [1.165, 1.54) is 0 Å². The largest absolute Gasteiger partial charge is 0.328 e. The normalized spacial score (nSPS) is 12.0. The predicted octanol–water partition coefficient (Wildman–Crippen LogP) is -0.417. The first kappa shape index (κ1) is 7.88. The zero-order valence-corrected chi connectivity index (χ0v) is 5.85. The van der Waals surface area contributed by atoms with Crippen LogP contribution in [0.1, 0.15) is 0 Å². The van der Waals surface area contributed by atoms with E-state index < -0.39 is 0 Å². The third-order valence-electron chi connectivity index (χ3n) is 0.596. The summed E-state index contributed by atoms with van der Waals surface area (Å²) in [6, 6.07) is 0. The van der Waals surface area contributed by atoms with Crippen LogP contribution < -0.4 is 5.73 Å². The molecule has 0 rings (SSSR count). The van der Waals surface area contributed by atoms with Crippen molar-refractivity contribution in [2.24, 2.45) is 5.73 Å². The molecule has 3 heteroatoms. The minimum atomic E-state index is 0.525. The fourth-order valence-electron chi connectivity index (χ4n) is 0.327. The van der Waals surface area contributed by atoms with Gasteiger partial charge in [-0.2, -0.15) is 4.65 Å². The van der Waals surface area contributed by atoms with Crippen LogP contribution in [0.4, 0.5) is 0 Å². The van der Waals surface area contributed by atoms with Gasteiger partial charge in [0.1, 0.15) is 6.61 Å². The Balaban J connectivity index is 3.11. The zero-order valence-electron chi connectivity index (χ0n) is 5.85. The van der Waals surface area contributed by atoms with E-state index in [1.54, 1.807) is 0 Å². The average molecular weight is 119 g/mol. The first-order valence-corrected chi connectivity index (χ1v) is 2.72. The molecule has 0 aromatic carbocycles. The highest BCUT2D eigenvalue weighted by molar-refractivity contribution is 4.21. The molecule has 3 nitrogen and oxygen atoms in total. The Morgan fingerprint density at radius 3 is 2.00 bits per heavy atom. The van der Waals surface area contributed by atoms with Gasteiger partial charge in [-0.05, 0) is 0 Å². The minimum Gasteiger partial charge on any atom is -0.328 e. The van der Waals surface area contributed by atoms with Gasteiger partial charge in [0, 0.05) is 6.54 Å². The van der Waals surface area contributed by atoms with Gasteiger partial charge in [0.25, 0.3) is 0 Å². The van der Waals surface area contributed by atoms with E-state index in [0.717, 1.165) is 0 Å². The van der Waals surface area contributed by atoms with Crippen LogP contribution in [0, 0.1) is 0 Å². The van der Waals surface area contributed by atoms with Crippen molar-refractivity contribution in [3.63, 3.8) is 0 Å². The number of nitrogens with zero attached hydrogens (tertiary/aromatic N) is 1. The van der Waals surface area contributed by atoms with Crippen LogP contribution in [0.15, 0.2) is 0 Å². The lowest BCUT2D eigenvalue weighted by Gasteiger charge is -2.20. The summed E-state index contributed by atoms with van der Waals surface area (Å²) in [4.78, 5) is 5.19. The first-order chi connectivity index (χ1) is 3.56. The number of rotatable bonds is 3. The molecular weight excluding hydrogens is 104 g/mol. The van der Waals surface area contributed by atoms with Gasteiger partial charge in [-0.25, -0.2) is 4.84 Å². The maximum atomic E-state index is 5.20. The van der Waals surface area contributed by atoms with E-state index in [1.807, 2.05) is 21.1 Å². The van der Waals surface area contributed by atoms with E-state index in [4.69, 9.17) is 10.6 Å². The van der Waals surface area contributed by atoms with Crippen LogP contribution in [0.5, 0.6) is 0 Å². The minimum absolute atomic E-state index is 0.525. The maximum absolute atomic E-state index is 5.20. The molecule has 50 valence electrons. The van der Waals surface area contributed by atoms with Gasteiger partial charge in [-0.15, -0.1) is 0 Å². The van der Waals surface area contributed by atoms with Crippen molar-refractivity contribution in [2.45, 2.75) is 0 Å². The Kier molecular flexibility index (Phi) is 2.97. The van der Waals surface area contributed by atoms with Gasteiger partial charge in [0.15, 0.2) is 0 Å². The van der Waals surface area contributed by atoms with Crippen LogP contribution in [-0.4, -0.2) is 38.9 Å². The van der Waals surface area contributed by atoms with Gasteiger partial charge in [0.2, 0.25) is 0 Å². The lowest BCUT2D eigenvalue weighted by Crippen LogP contribution is -2.36. The van der Waals surface area contributed by atoms with Gasteiger partial charge < -0.3 is 5.73 Å². The Morgan fingerprint density at radius 2 is 1.88 bits per heavy atom. The van der Waals surface area contributed by atoms with Crippen molar-refractivity contribution in [1.29, 1.82) is 0 Å². The summed E-state index contributed by atoms with van der Waals surface area (Å²) in [5.74, 6) is 0. The third-order valence-corrected chi connectivity index (χ3v) is 0.596. The van der Waals surface area contributed by atoms with Crippen LogP contribution >= 0.6 is 0 Å². The Labute approximate surface area is 50.6 Å². The highest BCUT2D eigenvalue weighted by Gasteiger charge is 2.04. The highest BCUT2D eigenvalue weighted by Crippen LogP contribution is 1.88. The molecule has 0 aromatic rings. The molecule has 0 saturated heterocycles. The van der Waals surface area contributed by atoms with Crippen LogP contribution in [-0.2, 0) is 4.84 Å². The molecule has 0 unspecified atom stereocenters. The van der Waals surface area contributed by atoms with Crippen molar-refractivity contribution in [3.8, 4) is 0 Å². The molecule has 0 radical (unpaired) electrons. The van der Waals surface area contributed by atoms with E-state index >= 15 is 0 Å². The topological polar surface area (TPSA) is 35.2 Å². The van der Waals surface area contributed by atoms with Crippen molar-refractivity contribution in [2.75, 3.05) is 34.3 Å². The summed E-state index contributed by atoms with van der Waals surface area (Å²) in [7, 11) is 5.86. The van der Waals surface area contributed by atoms with Crippen molar-refractivity contribution in [3.05, 3.63) is 0 Å². The van der Waals surface area contributed by atoms with Gasteiger partial charge >= 0.3 is 0 Å². The summed E-state index contributed by atoms with van der Waals surface area (Å²) in [5.41, 5.74) is 5.20. The van der Waals surface area contributed by atoms with Crippen molar-refractivity contribution < 1.29 is 9.48 Å². The second-order valence-electron chi connectivity index (χ2n) is 2.51. The molecule has 0 spiro atoms. The lowest BCUT2D eigenvalue weighted by atomic mass is 10.7. The molecule has 8 heavy (non-hydrogen) atoms. The summed E-state index contributed by atoms with van der Waals surface area (Å²) >= 11 is 0. The molecule has 0 aliphatic carbocycles. The molecule has 0 saturated carbocycles. The number of nitrogens with two attached hydrogens (primary N) is 1. The first-order valence-electron chi connectivity index (χ1n) is 2.72. The molecular formula is C5H15N2O+. The molecule has 0 aliphatic heterocycles. The molecule has 0 atom stereocenters. The fraction of sp³-hybridized carbons (Fsp3) is 1.00. The molecule has 0 heterocycles. The van der Waals surface area contributed by atoms with Gasteiger partial charge in [-0.3, -0.25) is 0 Å². The summed E-state index contributed by atoms with van der Waals surface area (Å²) < 4.78 is 0.525. The van der Waals surface area contributed by atoms with Crippen LogP contribution in [0.25, 0.3) is 0 Å². The van der Waals surface area contributed by atoms with Crippen molar-refractivity contribution >= 4 is 0 Å². The number of hydroxylamine groups is 3. The summed E-state index contributed by atoms with van der Waals surface area (Å²) in [6.07, 6.45) is 0. The second-order valence-corrected chi connectivity index (χ2v) is 2.51. The summed E-state index contributed by atoms with van der Waals surface area (Å²) in [5, 5.41) is 0. The van der Waals surface area contributed by atoms with Crippen LogP contribution in [0.2, 0.25) is 0 Å². The third kappa shape index (κ3) is 5.88. The molecule has 2 N–H and O–H groups in total. The van der Waals surface area contributed by atoms with Crippen LogP contribution in [0.3, 0.4) is 0 Å². The average Bonchev–Trinajstić information content (AvgIpc) is 1.59. The molecule has 0 amide bonds. The molecule has 0 aliphatic rings. The number of quaternary nitrogens is 1. The Morgan fingerprint density at radius 1 is 1.38 bits per heavy atom. The molecule has 0 aromatic heterocycles. The maximum Gasteiger partial charge on any atom is 0.118 e. The quantitative estimate of drug-likeness (QED) is 0.404. The zero-order chi connectivity index (χ0) is 6.62. The molecule has 0 bridgehead atoms. The number of hydrogen-bond donors (Lipinski definition) is 1. The van der Waals surface area contributed by atoms with Gasteiger partial charge in [0.05, 0.1) is 21.1 Å². The van der Waals surface area contributed by atoms with Gasteiger partial charge in [-0.1, -0.05) is 0 Å². The standard InChI is InChI=1S/C5H15N2O/c1-7(2,3)8-5-4-6/h4-6H2,1-3H3/q+1. The SMILES string of the molecule is C[N+](C)(C)OCCN. The fourth-order valence-corrected chi connectivity index (χ4v) is 0.327. The van der Waals surface area contributed by atoms with E-state index in [0.29, 0.717) is 17.8 Å². The Hall–Kier alpha value is -0.120. The summed E-state index contributed by atoms with van der Waals surface area (Å²) in [6.45, 7) is 1.22.